The molecule has 4 rings (SSSR count). The second kappa shape index (κ2) is 5.69. The van der Waals surface area contributed by atoms with Crippen LogP contribution in [-0.2, 0) is 0 Å². The third-order valence-corrected chi connectivity index (χ3v) is 3.62. The third kappa shape index (κ3) is 2.67. The summed E-state index contributed by atoms with van der Waals surface area (Å²) in [6.45, 7) is 2.03. The molecule has 0 aliphatic heterocycles. The number of nitrogens with one attached hydrogen (secondary N) is 2. The van der Waals surface area contributed by atoms with Crippen LogP contribution in [0, 0.1) is 12.7 Å². The van der Waals surface area contributed by atoms with Gasteiger partial charge in [0.2, 0.25) is 0 Å². The van der Waals surface area contributed by atoms with Gasteiger partial charge < -0.3 is 4.98 Å². The molecule has 2 aromatic carbocycles. The van der Waals surface area contributed by atoms with Gasteiger partial charge in [-0.05, 0) is 36.8 Å². The van der Waals surface area contributed by atoms with Gasteiger partial charge in [-0.25, -0.2) is 9.82 Å². The molecule has 0 aliphatic rings. The lowest BCUT2D eigenvalue weighted by molar-refractivity contribution is 0.628. The molecule has 118 valence electrons. The molecule has 0 saturated heterocycles. The van der Waals surface area contributed by atoms with Gasteiger partial charge in [-0.2, -0.15) is 10.1 Å². The van der Waals surface area contributed by atoms with Gasteiger partial charge >= 0.3 is 0 Å². The van der Waals surface area contributed by atoms with E-state index in [9.17, 15) is 4.39 Å². The first kappa shape index (κ1) is 14.3. The van der Waals surface area contributed by atoms with E-state index in [1.165, 1.54) is 12.1 Å². The normalized spacial score (nSPS) is 11.6. The van der Waals surface area contributed by atoms with Crippen LogP contribution in [0.1, 0.15) is 11.1 Å². The van der Waals surface area contributed by atoms with Crippen molar-refractivity contribution in [3.05, 3.63) is 59.4 Å². The number of anilines is 1. The van der Waals surface area contributed by atoms with E-state index in [1.807, 2.05) is 25.1 Å². The maximum atomic E-state index is 12.8. The minimum Gasteiger partial charge on any atom is -0.338 e. The standard InChI is InChI=1S/C17H13FN6/c1-10-2-7-14-13(8-10)15-16(20-14)21-17(24-22-15)23-19-9-11-3-5-12(18)6-4-11/h2-9H,1H3,(H2,20,21,23,24)/b19-9+. The van der Waals surface area contributed by atoms with E-state index in [-0.39, 0.29) is 11.8 Å². The quantitative estimate of drug-likeness (QED) is 0.448. The molecule has 0 bridgehead atoms. The number of aromatic amines is 1. The number of hydrogen-bond donors (Lipinski definition) is 2. The van der Waals surface area contributed by atoms with Crippen LogP contribution in [0.4, 0.5) is 10.3 Å². The van der Waals surface area contributed by atoms with E-state index in [1.54, 1.807) is 18.3 Å². The Bertz CT molecular complexity index is 1050. The number of aryl methyl sites for hydroxylation is 1. The van der Waals surface area contributed by atoms with Crippen LogP contribution in [0.5, 0.6) is 0 Å². The fraction of sp³-hybridized carbons (Fsp3) is 0.0588. The van der Waals surface area contributed by atoms with E-state index in [0.717, 1.165) is 27.5 Å². The number of rotatable bonds is 3. The minimum atomic E-state index is -0.285. The Morgan fingerprint density at radius 1 is 1.12 bits per heavy atom. The van der Waals surface area contributed by atoms with Gasteiger partial charge in [0.15, 0.2) is 5.65 Å². The molecule has 0 fully saturated rings. The summed E-state index contributed by atoms with van der Waals surface area (Å²) in [7, 11) is 0. The molecular formula is C17H13FN6. The Morgan fingerprint density at radius 2 is 1.96 bits per heavy atom. The second-order valence-corrected chi connectivity index (χ2v) is 5.43. The summed E-state index contributed by atoms with van der Waals surface area (Å²) in [6.07, 6.45) is 1.56. The average molecular weight is 320 g/mol. The van der Waals surface area contributed by atoms with Gasteiger partial charge in [0.1, 0.15) is 11.3 Å². The summed E-state index contributed by atoms with van der Waals surface area (Å²) in [4.78, 5) is 7.59. The number of fused-ring (bicyclic) bond motifs is 3. The van der Waals surface area contributed by atoms with Crippen molar-refractivity contribution >= 4 is 34.2 Å². The Labute approximate surface area is 136 Å². The summed E-state index contributed by atoms with van der Waals surface area (Å²) < 4.78 is 12.8. The van der Waals surface area contributed by atoms with E-state index in [0.29, 0.717) is 5.65 Å². The lowest BCUT2D eigenvalue weighted by Crippen LogP contribution is -1.99. The van der Waals surface area contributed by atoms with E-state index in [2.05, 4.69) is 30.7 Å². The Balaban J connectivity index is 1.60. The smallest absolute Gasteiger partial charge is 0.265 e. The molecule has 2 N–H and O–H groups in total. The molecule has 0 aliphatic carbocycles. The predicted octanol–water partition coefficient (Wildman–Crippen LogP) is 3.40. The Hall–Kier alpha value is -3.35. The molecule has 2 aromatic heterocycles. The van der Waals surface area contributed by atoms with Crippen molar-refractivity contribution in [2.24, 2.45) is 5.10 Å². The van der Waals surface area contributed by atoms with Crippen molar-refractivity contribution in [2.75, 3.05) is 5.43 Å². The highest BCUT2D eigenvalue weighted by atomic mass is 19.1. The first-order valence-electron chi connectivity index (χ1n) is 7.36. The van der Waals surface area contributed by atoms with Crippen LogP contribution in [0.3, 0.4) is 0 Å². The summed E-state index contributed by atoms with van der Waals surface area (Å²) in [5, 5.41) is 13.3. The highest BCUT2D eigenvalue weighted by Crippen LogP contribution is 2.23. The number of H-pyrrole nitrogens is 1. The van der Waals surface area contributed by atoms with E-state index < -0.39 is 0 Å². The maximum absolute atomic E-state index is 12.8. The summed E-state index contributed by atoms with van der Waals surface area (Å²) in [6, 6.07) is 12.1. The molecule has 0 amide bonds. The van der Waals surface area contributed by atoms with Gasteiger partial charge in [-0.15, -0.1) is 10.2 Å². The number of hydrazone groups is 1. The van der Waals surface area contributed by atoms with Crippen LogP contribution in [0.2, 0.25) is 0 Å². The zero-order valence-corrected chi connectivity index (χ0v) is 12.8. The fourth-order valence-electron chi connectivity index (χ4n) is 2.45. The summed E-state index contributed by atoms with van der Waals surface area (Å²) in [5.41, 5.74) is 6.97. The van der Waals surface area contributed by atoms with Crippen molar-refractivity contribution in [2.45, 2.75) is 6.92 Å². The topological polar surface area (TPSA) is 78.9 Å². The zero-order valence-electron chi connectivity index (χ0n) is 12.8. The molecule has 0 saturated carbocycles. The lowest BCUT2D eigenvalue weighted by atomic mass is 10.2. The SMILES string of the molecule is Cc1ccc2[nH]c3nc(N/N=C/c4ccc(F)cc4)nnc3c2c1. The number of benzene rings is 2. The largest absolute Gasteiger partial charge is 0.338 e. The van der Waals surface area contributed by atoms with Crippen molar-refractivity contribution < 1.29 is 4.39 Å². The van der Waals surface area contributed by atoms with Crippen molar-refractivity contribution in [1.29, 1.82) is 0 Å². The first-order valence-corrected chi connectivity index (χ1v) is 7.36. The van der Waals surface area contributed by atoms with Gasteiger partial charge in [0, 0.05) is 10.9 Å². The average Bonchev–Trinajstić information content (AvgIpc) is 2.94. The molecule has 4 aromatic rings. The van der Waals surface area contributed by atoms with Crippen molar-refractivity contribution in [1.82, 2.24) is 20.2 Å². The van der Waals surface area contributed by atoms with Crippen LogP contribution < -0.4 is 5.43 Å². The van der Waals surface area contributed by atoms with Crippen LogP contribution >= 0.6 is 0 Å². The van der Waals surface area contributed by atoms with Gasteiger partial charge in [0.25, 0.3) is 5.95 Å². The lowest BCUT2D eigenvalue weighted by Gasteiger charge is -1.97. The van der Waals surface area contributed by atoms with Crippen LogP contribution in [0.25, 0.3) is 22.1 Å². The Kier molecular flexibility index (Phi) is 3.38. The highest BCUT2D eigenvalue weighted by Gasteiger charge is 2.08. The van der Waals surface area contributed by atoms with Gasteiger partial charge in [0.05, 0.1) is 6.21 Å². The second-order valence-electron chi connectivity index (χ2n) is 5.43. The number of nitrogens with zero attached hydrogens (tertiary/aromatic N) is 4. The van der Waals surface area contributed by atoms with Crippen molar-refractivity contribution in [3.63, 3.8) is 0 Å². The zero-order chi connectivity index (χ0) is 16.5. The molecule has 0 spiro atoms. The first-order chi connectivity index (χ1) is 11.7. The maximum Gasteiger partial charge on any atom is 0.265 e. The summed E-state index contributed by atoms with van der Waals surface area (Å²) in [5.74, 6) is -0.00344. The summed E-state index contributed by atoms with van der Waals surface area (Å²) >= 11 is 0. The molecule has 0 unspecified atom stereocenters. The highest BCUT2D eigenvalue weighted by molar-refractivity contribution is 6.03. The number of hydrogen-bond acceptors (Lipinski definition) is 5. The molecule has 0 radical (unpaired) electrons. The van der Waals surface area contributed by atoms with Gasteiger partial charge in [-0.1, -0.05) is 23.8 Å². The predicted molar refractivity (Wildman–Crippen MR) is 91.5 cm³/mol. The molecular weight excluding hydrogens is 307 g/mol. The third-order valence-electron chi connectivity index (χ3n) is 3.62. The molecule has 6 nitrogen and oxygen atoms in total. The Morgan fingerprint density at radius 3 is 2.79 bits per heavy atom. The molecule has 7 heteroatoms. The fourth-order valence-corrected chi connectivity index (χ4v) is 2.45. The van der Waals surface area contributed by atoms with Gasteiger partial charge in [-0.3, -0.25) is 0 Å². The molecule has 2 heterocycles. The van der Waals surface area contributed by atoms with Crippen LogP contribution in [0.15, 0.2) is 47.6 Å². The molecule has 24 heavy (non-hydrogen) atoms. The number of halogens is 1. The molecule has 0 atom stereocenters. The minimum absolute atomic E-state index is 0.282. The number of aromatic nitrogens is 4. The van der Waals surface area contributed by atoms with Crippen LogP contribution in [-0.4, -0.2) is 26.4 Å². The monoisotopic (exact) mass is 320 g/mol. The van der Waals surface area contributed by atoms with E-state index in [4.69, 9.17) is 0 Å². The van der Waals surface area contributed by atoms with Crippen molar-refractivity contribution in [3.8, 4) is 0 Å². The van der Waals surface area contributed by atoms with E-state index >= 15 is 0 Å².